The third-order valence-corrected chi connectivity index (χ3v) is 4.57. The lowest BCUT2D eigenvalue weighted by Crippen LogP contribution is -2.35. The van der Waals surface area contributed by atoms with E-state index in [1.807, 2.05) is 0 Å². The minimum Gasteiger partial charge on any atom is -0.373 e. The van der Waals surface area contributed by atoms with E-state index >= 15 is 0 Å². The van der Waals surface area contributed by atoms with Crippen LogP contribution in [0, 0.1) is 16.0 Å². The highest BCUT2D eigenvalue weighted by molar-refractivity contribution is 5.56. The highest BCUT2D eigenvalue weighted by Gasteiger charge is 2.36. The molecule has 0 bridgehead atoms. The Morgan fingerprint density at radius 1 is 1.35 bits per heavy atom. The maximum Gasteiger partial charge on any atom is 0.276 e. The van der Waals surface area contributed by atoms with Crippen LogP contribution >= 0.6 is 0 Å². The molecule has 6 nitrogen and oxygen atoms in total. The minimum absolute atomic E-state index is 0.110. The lowest BCUT2D eigenvalue weighted by Gasteiger charge is -2.32. The summed E-state index contributed by atoms with van der Waals surface area (Å²) in [5.41, 5.74) is 0.110. The number of pyridine rings is 1. The van der Waals surface area contributed by atoms with Crippen LogP contribution in [0.2, 0.25) is 0 Å². The van der Waals surface area contributed by atoms with Gasteiger partial charge in [0.25, 0.3) is 5.69 Å². The molecule has 3 rings (SSSR count). The van der Waals surface area contributed by atoms with E-state index in [0.717, 1.165) is 18.3 Å². The van der Waals surface area contributed by atoms with E-state index in [2.05, 4.69) is 15.2 Å². The molecule has 1 saturated carbocycles. The first-order valence-corrected chi connectivity index (χ1v) is 7.30. The highest BCUT2D eigenvalue weighted by atomic mass is 16.6. The van der Waals surface area contributed by atoms with Gasteiger partial charge in [0.1, 0.15) is 11.6 Å². The van der Waals surface area contributed by atoms with Crippen molar-refractivity contribution in [3.8, 4) is 0 Å². The van der Waals surface area contributed by atoms with E-state index in [1.54, 1.807) is 13.1 Å². The van der Waals surface area contributed by atoms with Gasteiger partial charge >= 0.3 is 0 Å². The van der Waals surface area contributed by atoms with Crippen molar-refractivity contribution < 1.29 is 4.92 Å². The van der Waals surface area contributed by atoms with Crippen LogP contribution in [0.1, 0.15) is 32.1 Å². The van der Waals surface area contributed by atoms with Gasteiger partial charge in [-0.3, -0.25) is 10.1 Å². The Labute approximate surface area is 118 Å². The SMILES string of the molecule is CNc1cc([N+](=O)[O-])cc(N2CCC3CCCCC32)n1. The average Bonchev–Trinajstić information content (AvgIpc) is 2.90. The van der Waals surface area contributed by atoms with Crippen LogP contribution in [0.25, 0.3) is 0 Å². The first-order chi connectivity index (χ1) is 9.69. The zero-order valence-corrected chi connectivity index (χ0v) is 11.7. The smallest absolute Gasteiger partial charge is 0.276 e. The van der Waals surface area contributed by atoms with Crippen molar-refractivity contribution in [2.24, 2.45) is 5.92 Å². The van der Waals surface area contributed by atoms with Gasteiger partial charge < -0.3 is 10.2 Å². The molecule has 1 aromatic rings. The van der Waals surface area contributed by atoms with Gasteiger partial charge in [0.15, 0.2) is 0 Å². The van der Waals surface area contributed by atoms with Crippen LogP contribution in [0.5, 0.6) is 0 Å². The topological polar surface area (TPSA) is 71.3 Å². The second kappa shape index (κ2) is 5.26. The van der Waals surface area contributed by atoms with Crippen molar-refractivity contribution >= 4 is 17.3 Å². The highest BCUT2D eigenvalue weighted by Crippen LogP contribution is 2.39. The largest absolute Gasteiger partial charge is 0.373 e. The Morgan fingerprint density at radius 2 is 2.15 bits per heavy atom. The van der Waals surface area contributed by atoms with Gasteiger partial charge in [-0.15, -0.1) is 0 Å². The van der Waals surface area contributed by atoms with Gasteiger partial charge in [-0.1, -0.05) is 12.8 Å². The molecule has 1 saturated heterocycles. The molecule has 1 aromatic heterocycles. The van der Waals surface area contributed by atoms with Crippen molar-refractivity contribution in [1.29, 1.82) is 0 Å². The van der Waals surface area contributed by atoms with Crippen LogP contribution in [0.15, 0.2) is 12.1 Å². The second-order valence-corrected chi connectivity index (χ2v) is 5.67. The minimum atomic E-state index is -0.347. The van der Waals surface area contributed by atoms with Crippen LogP contribution in [-0.4, -0.2) is 29.5 Å². The first-order valence-electron chi connectivity index (χ1n) is 7.30. The molecule has 2 aliphatic rings. The Balaban J connectivity index is 1.93. The number of rotatable bonds is 3. The molecule has 0 spiro atoms. The molecule has 108 valence electrons. The van der Waals surface area contributed by atoms with E-state index in [4.69, 9.17) is 0 Å². The van der Waals surface area contributed by atoms with Crippen molar-refractivity contribution in [3.05, 3.63) is 22.2 Å². The quantitative estimate of drug-likeness (QED) is 0.679. The van der Waals surface area contributed by atoms with Gasteiger partial charge in [-0.25, -0.2) is 4.98 Å². The number of hydrogen-bond donors (Lipinski definition) is 1. The van der Waals surface area contributed by atoms with E-state index in [1.165, 1.54) is 38.2 Å². The molecule has 1 aliphatic heterocycles. The number of hydrogen-bond acceptors (Lipinski definition) is 5. The third kappa shape index (κ3) is 2.30. The Kier molecular flexibility index (Phi) is 3.46. The van der Waals surface area contributed by atoms with Gasteiger partial charge in [0, 0.05) is 19.6 Å². The molecule has 2 heterocycles. The lowest BCUT2D eigenvalue weighted by atomic mass is 9.85. The number of fused-ring (bicyclic) bond motifs is 1. The summed E-state index contributed by atoms with van der Waals surface area (Å²) < 4.78 is 0. The lowest BCUT2D eigenvalue weighted by molar-refractivity contribution is -0.384. The summed E-state index contributed by atoms with van der Waals surface area (Å²) in [6.45, 7) is 0.965. The zero-order valence-electron chi connectivity index (χ0n) is 11.7. The maximum absolute atomic E-state index is 11.1. The molecule has 2 fully saturated rings. The molecule has 0 aromatic carbocycles. The zero-order chi connectivity index (χ0) is 14.1. The summed E-state index contributed by atoms with van der Waals surface area (Å²) in [6.07, 6.45) is 6.23. The molecule has 2 atom stereocenters. The second-order valence-electron chi connectivity index (χ2n) is 5.67. The van der Waals surface area contributed by atoms with Crippen molar-refractivity contribution in [1.82, 2.24) is 4.98 Å². The van der Waals surface area contributed by atoms with Crippen LogP contribution < -0.4 is 10.2 Å². The fraction of sp³-hybridized carbons (Fsp3) is 0.643. The molecule has 0 amide bonds. The summed E-state index contributed by atoms with van der Waals surface area (Å²) in [7, 11) is 1.74. The van der Waals surface area contributed by atoms with Crippen LogP contribution in [0.3, 0.4) is 0 Å². The van der Waals surface area contributed by atoms with E-state index in [0.29, 0.717) is 11.9 Å². The molecule has 0 radical (unpaired) electrons. The number of nitrogens with one attached hydrogen (secondary N) is 1. The molecular weight excluding hydrogens is 256 g/mol. The van der Waals surface area contributed by atoms with Gasteiger partial charge in [-0.2, -0.15) is 0 Å². The van der Waals surface area contributed by atoms with Crippen LogP contribution in [-0.2, 0) is 0 Å². The summed E-state index contributed by atoms with van der Waals surface area (Å²) in [5, 5.41) is 14.0. The van der Waals surface area contributed by atoms with E-state index < -0.39 is 0 Å². The summed E-state index contributed by atoms with van der Waals surface area (Å²) in [4.78, 5) is 17.5. The average molecular weight is 276 g/mol. The number of aromatic nitrogens is 1. The van der Waals surface area contributed by atoms with Crippen molar-refractivity contribution in [2.75, 3.05) is 23.8 Å². The monoisotopic (exact) mass is 276 g/mol. The molecule has 1 N–H and O–H groups in total. The van der Waals surface area contributed by atoms with Crippen LogP contribution in [0.4, 0.5) is 17.3 Å². The molecular formula is C14H20N4O2. The molecule has 6 heteroatoms. The molecule has 2 unspecified atom stereocenters. The number of nitro groups is 1. The Bertz CT molecular complexity index is 520. The fourth-order valence-electron chi connectivity index (χ4n) is 3.57. The Hall–Kier alpha value is -1.85. The predicted octanol–water partition coefficient (Wildman–Crippen LogP) is 2.80. The number of anilines is 2. The standard InChI is InChI=1S/C14H20N4O2/c1-15-13-8-11(18(19)20)9-14(16-13)17-7-6-10-4-2-3-5-12(10)17/h8-10,12H,2-7H2,1H3,(H,15,16). The number of nitrogens with zero attached hydrogens (tertiary/aromatic N) is 3. The van der Waals surface area contributed by atoms with Gasteiger partial charge in [-0.05, 0) is 25.2 Å². The van der Waals surface area contributed by atoms with E-state index in [9.17, 15) is 10.1 Å². The van der Waals surface area contributed by atoms with Gasteiger partial charge in [0.05, 0.1) is 17.1 Å². The fourth-order valence-corrected chi connectivity index (χ4v) is 3.57. The third-order valence-electron chi connectivity index (χ3n) is 4.57. The Morgan fingerprint density at radius 3 is 2.90 bits per heavy atom. The molecule has 20 heavy (non-hydrogen) atoms. The normalized spacial score (nSPS) is 25.4. The van der Waals surface area contributed by atoms with Gasteiger partial charge in [0.2, 0.25) is 0 Å². The maximum atomic E-state index is 11.1. The summed E-state index contributed by atoms with van der Waals surface area (Å²) in [5.74, 6) is 2.05. The predicted molar refractivity (Wildman–Crippen MR) is 78.1 cm³/mol. The first kappa shape index (κ1) is 13.1. The van der Waals surface area contributed by atoms with Crippen molar-refractivity contribution in [2.45, 2.75) is 38.1 Å². The summed E-state index contributed by atoms with van der Waals surface area (Å²) in [6, 6.07) is 3.61. The van der Waals surface area contributed by atoms with Crippen molar-refractivity contribution in [3.63, 3.8) is 0 Å². The molecule has 1 aliphatic carbocycles. The van der Waals surface area contributed by atoms with E-state index in [-0.39, 0.29) is 10.6 Å². The summed E-state index contributed by atoms with van der Waals surface area (Å²) >= 11 is 0.